The molecule has 1 unspecified atom stereocenters. The number of benzene rings is 2. The van der Waals surface area contributed by atoms with Gasteiger partial charge < -0.3 is 9.84 Å². The summed E-state index contributed by atoms with van der Waals surface area (Å²) >= 11 is 9.57. The Morgan fingerprint density at radius 3 is 2.95 bits per heavy atom. The lowest BCUT2D eigenvalue weighted by Gasteiger charge is -2.12. The molecule has 0 heterocycles. The van der Waals surface area contributed by atoms with E-state index in [9.17, 15) is 5.11 Å². The molecule has 1 aliphatic carbocycles. The lowest BCUT2D eigenvalue weighted by atomic mass is 10.1. The predicted molar refractivity (Wildman–Crippen MR) is 83.2 cm³/mol. The van der Waals surface area contributed by atoms with E-state index in [1.54, 1.807) is 0 Å². The molecular formula is C16H14BrClO2. The molecule has 0 amide bonds. The third kappa shape index (κ3) is 2.71. The van der Waals surface area contributed by atoms with E-state index in [1.807, 2.05) is 36.4 Å². The Morgan fingerprint density at radius 1 is 1.30 bits per heavy atom. The molecule has 2 nitrogen and oxygen atoms in total. The average Bonchev–Trinajstić information content (AvgIpc) is 2.80. The summed E-state index contributed by atoms with van der Waals surface area (Å²) in [6.45, 7) is 0.429. The van der Waals surface area contributed by atoms with Gasteiger partial charge in [0.1, 0.15) is 12.4 Å². The van der Waals surface area contributed by atoms with Gasteiger partial charge in [0.15, 0.2) is 0 Å². The van der Waals surface area contributed by atoms with Gasteiger partial charge in [-0.3, -0.25) is 0 Å². The smallest absolute Gasteiger partial charge is 0.123 e. The van der Waals surface area contributed by atoms with Crippen molar-refractivity contribution in [1.82, 2.24) is 0 Å². The Bertz CT molecular complexity index is 642. The van der Waals surface area contributed by atoms with Crippen LogP contribution in [0.1, 0.15) is 29.2 Å². The van der Waals surface area contributed by atoms with Crippen LogP contribution < -0.4 is 4.74 Å². The van der Waals surface area contributed by atoms with Gasteiger partial charge in [0, 0.05) is 20.6 Å². The highest BCUT2D eigenvalue weighted by Gasteiger charge is 2.23. The zero-order valence-corrected chi connectivity index (χ0v) is 13.1. The van der Waals surface area contributed by atoms with Gasteiger partial charge in [0.25, 0.3) is 0 Å². The summed E-state index contributed by atoms with van der Waals surface area (Å²) in [6.07, 6.45) is 1.28. The first-order valence-electron chi connectivity index (χ1n) is 6.52. The maximum Gasteiger partial charge on any atom is 0.123 e. The molecule has 0 bridgehead atoms. The number of hydrogen-bond donors (Lipinski definition) is 1. The largest absolute Gasteiger partial charge is 0.489 e. The second kappa shape index (κ2) is 5.76. The standard InChI is InChI=1S/C16H14BrClO2/c17-11-5-4-10(14(18)8-11)9-20-16-3-1-2-12-13(16)6-7-15(12)19/h1-5,8,15,19H,6-7,9H2. The van der Waals surface area contributed by atoms with Gasteiger partial charge in [-0.2, -0.15) is 0 Å². The Balaban J connectivity index is 1.79. The molecule has 2 aromatic carbocycles. The summed E-state index contributed by atoms with van der Waals surface area (Å²) in [5.74, 6) is 0.845. The quantitative estimate of drug-likeness (QED) is 0.869. The average molecular weight is 354 g/mol. The SMILES string of the molecule is OC1CCc2c(OCc3ccc(Br)cc3Cl)cccc21. The van der Waals surface area contributed by atoms with Gasteiger partial charge in [0.2, 0.25) is 0 Å². The lowest BCUT2D eigenvalue weighted by molar-refractivity contribution is 0.180. The molecule has 1 aliphatic rings. The predicted octanol–water partition coefficient (Wildman–Crippen LogP) is 4.66. The molecule has 1 atom stereocenters. The number of halogens is 2. The number of fused-ring (bicyclic) bond motifs is 1. The molecular weight excluding hydrogens is 340 g/mol. The highest BCUT2D eigenvalue weighted by molar-refractivity contribution is 9.10. The van der Waals surface area contributed by atoms with Gasteiger partial charge in [-0.1, -0.05) is 45.7 Å². The lowest BCUT2D eigenvalue weighted by Crippen LogP contribution is -1.99. The maximum atomic E-state index is 9.88. The fourth-order valence-electron chi connectivity index (χ4n) is 2.53. The summed E-state index contributed by atoms with van der Waals surface area (Å²) in [4.78, 5) is 0. The van der Waals surface area contributed by atoms with Crippen molar-refractivity contribution in [2.75, 3.05) is 0 Å². The number of aliphatic hydroxyl groups excluding tert-OH is 1. The highest BCUT2D eigenvalue weighted by Crippen LogP contribution is 2.37. The number of rotatable bonds is 3. The highest BCUT2D eigenvalue weighted by atomic mass is 79.9. The third-order valence-electron chi connectivity index (χ3n) is 3.59. The summed E-state index contributed by atoms with van der Waals surface area (Å²) in [6, 6.07) is 11.6. The van der Waals surface area contributed by atoms with Crippen molar-refractivity contribution < 1.29 is 9.84 Å². The maximum absolute atomic E-state index is 9.88. The Morgan fingerprint density at radius 2 is 2.15 bits per heavy atom. The molecule has 0 radical (unpaired) electrons. The van der Waals surface area contributed by atoms with Crippen LogP contribution in [-0.2, 0) is 13.0 Å². The minimum atomic E-state index is -0.357. The van der Waals surface area contributed by atoms with Crippen molar-refractivity contribution >= 4 is 27.5 Å². The Hall–Kier alpha value is -1.03. The zero-order chi connectivity index (χ0) is 14.1. The van der Waals surface area contributed by atoms with E-state index < -0.39 is 0 Å². The molecule has 0 fully saturated rings. The van der Waals surface area contributed by atoms with Crippen molar-refractivity contribution in [3.63, 3.8) is 0 Å². The van der Waals surface area contributed by atoms with Crippen LogP contribution in [0.4, 0.5) is 0 Å². The Labute approximate surface area is 131 Å². The number of aliphatic hydroxyl groups is 1. The first-order valence-corrected chi connectivity index (χ1v) is 7.69. The fraction of sp³-hybridized carbons (Fsp3) is 0.250. The molecule has 0 spiro atoms. The zero-order valence-electron chi connectivity index (χ0n) is 10.8. The summed E-state index contributed by atoms with van der Waals surface area (Å²) in [5.41, 5.74) is 3.06. The van der Waals surface area contributed by atoms with Gasteiger partial charge in [-0.15, -0.1) is 0 Å². The fourth-order valence-corrected chi connectivity index (χ4v) is 3.26. The van der Waals surface area contributed by atoms with Crippen molar-refractivity contribution in [2.45, 2.75) is 25.6 Å². The van der Waals surface area contributed by atoms with Crippen LogP contribution in [-0.4, -0.2) is 5.11 Å². The normalized spacial score (nSPS) is 17.1. The van der Waals surface area contributed by atoms with Crippen LogP contribution in [0.25, 0.3) is 0 Å². The molecule has 104 valence electrons. The van der Waals surface area contributed by atoms with Crippen molar-refractivity contribution in [1.29, 1.82) is 0 Å². The first kappa shape index (κ1) is 13.9. The minimum absolute atomic E-state index is 0.357. The molecule has 3 rings (SSSR count). The monoisotopic (exact) mass is 352 g/mol. The van der Waals surface area contributed by atoms with Crippen LogP contribution >= 0.6 is 27.5 Å². The van der Waals surface area contributed by atoms with Crippen molar-refractivity contribution in [2.24, 2.45) is 0 Å². The van der Waals surface area contributed by atoms with E-state index in [0.29, 0.717) is 11.6 Å². The second-order valence-electron chi connectivity index (χ2n) is 4.90. The summed E-state index contributed by atoms with van der Waals surface area (Å²) < 4.78 is 6.85. The molecule has 0 saturated heterocycles. The van der Waals surface area contributed by atoms with Crippen LogP contribution in [0.2, 0.25) is 5.02 Å². The summed E-state index contributed by atoms with van der Waals surface area (Å²) in [7, 11) is 0. The van der Waals surface area contributed by atoms with E-state index in [4.69, 9.17) is 16.3 Å². The van der Waals surface area contributed by atoms with Crippen LogP contribution in [0.3, 0.4) is 0 Å². The molecule has 0 aromatic heterocycles. The molecule has 0 aliphatic heterocycles. The molecule has 2 aromatic rings. The topological polar surface area (TPSA) is 29.5 Å². The van der Waals surface area contributed by atoms with E-state index >= 15 is 0 Å². The van der Waals surface area contributed by atoms with E-state index in [2.05, 4.69) is 15.9 Å². The van der Waals surface area contributed by atoms with Gasteiger partial charge >= 0.3 is 0 Å². The van der Waals surface area contributed by atoms with Crippen LogP contribution in [0.5, 0.6) is 5.75 Å². The minimum Gasteiger partial charge on any atom is -0.489 e. The number of ether oxygens (including phenoxy) is 1. The first-order chi connectivity index (χ1) is 9.65. The van der Waals surface area contributed by atoms with Gasteiger partial charge in [0.05, 0.1) is 6.10 Å². The van der Waals surface area contributed by atoms with Crippen molar-refractivity contribution in [3.05, 3.63) is 62.6 Å². The van der Waals surface area contributed by atoms with E-state index in [1.165, 1.54) is 0 Å². The summed E-state index contributed by atoms with van der Waals surface area (Å²) in [5, 5.41) is 10.6. The van der Waals surface area contributed by atoms with E-state index in [0.717, 1.165) is 39.8 Å². The van der Waals surface area contributed by atoms with Crippen molar-refractivity contribution in [3.8, 4) is 5.75 Å². The van der Waals surface area contributed by atoms with Gasteiger partial charge in [-0.25, -0.2) is 0 Å². The number of hydrogen-bond acceptors (Lipinski definition) is 2. The molecule has 1 N–H and O–H groups in total. The van der Waals surface area contributed by atoms with Gasteiger partial charge in [-0.05, 0) is 36.6 Å². The molecule has 0 saturated carbocycles. The second-order valence-corrected chi connectivity index (χ2v) is 6.23. The third-order valence-corrected chi connectivity index (χ3v) is 4.44. The molecule has 4 heteroatoms. The molecule has 20 heavy (non-hydrogen) atoms. The van der Waals surface area contributed by atoms with Crippen LogP contribution in [0.15, 0.2) is 40.9 Å². The van der Waals surface area contributed by atoms with E-state index in [-0.39, 0.29) is 6.10 Å². The Kier molecular flexibility index (Phi) is 4.01. The van der Waals surface area contributed by atoms with Crippen LogP contribution in [0, 0.1) is 0 Å².